The van der Waals surface area contributed by atoms with Crippen LogP contribution in [0.1, 0.15) is 11.1 Å². The average Bonchev–Trinajstić information content (AvgIpc) is 3.29. The summed E-state index contributed by atoms with van der Waals surface area (Å²) in [7, 11) is 1.59. The average molecular weight is 444 g/mol. The second-order valence-corrected chi connectivity index (χ2v) is 7.60. The summed E-state index contributed by atoms with van der Waals surface area (Å²) >= 11 is 0. The molecule has 0 radical (unpaired) electrons. The number of aromatic nitrogens is 5. The van der Waals surface area contributed by atoms with Gasteiger partial charge in [-0.15, -0.1) is 0 Å². The summed E-state index contributed by atoms with van der Waals surface area (Å²) in [5, 5.41) is 4.41. The molecular weight excluding hydrogens is 420 g/mol. The number of hydrogen-bond donors (Lipinski definition) is 1. The lowest BCUT2D eigenvalue weighted by molar-refractivity contribution is 0.122. The number of methoxy groups -OCH3 is 1. The summed E-state index contributed by atoms with van der Waals surface area (Å²) in [5.74, 6) is 1.67. The quantitative estimate of drug-likeness (QED) is 0.358. The molecule has 1 fully saturated rings. The number of nitrogens with one attached hydrogen (secondary N) is 1. The zero-order valence-corrected chi connectivity index (χ0v) is 18.5. The molecule has 0 aliphatic carbocycles. The molecule has 0 bridgehead atoms. The normalized spacial score (nSPS) is 14.2. The second kappa shape index (κ2) is 9.21. The minimum absolute atomic E-state index is 0.533. The molecule has 10 heteroatoms. The van der Waals surface area contributed by atoms with Gasteiger partial charge in [-0.25, -0.2) is 9.97 Å². The van der Waals surface area contributed by atoms with Gasteiger partial charge in [0.05, 0.1) is 38.4 Å². The Labute approximate surface area is 190 Å². The monoisotopic (exact) mass is 444 g/mol. The summed E-state index contributed by atoms with van der Waals surface area (Å²) in [6, 6.07) is 11.8. The number of anilines is 2. The number of ether oxygens (including phenoxy) is 2. The molecule has 1 saturated heterocycles. The van der Waals surface area contributed by atoms with E-state index in [0.717, 1.165) is 24.3 Å². The molecule has 0 spiro atoms. The van der Waals surface area contributed by atoms with Crippen molar-refractivity contribution in [2.24, 2.45) is 5.10 Å². The molecule has 0 amide bonds. The molecule has 1 aliphatic heterocycles. The summed E-state index contributed by atoms with van der Waals surface area (Å²) in [5.41, 5.74) is 7.33. The van der Waals surface area contributed by atoms with E-state index in [2.05, 4.69) is 31.5 Å². The number of nitrogens with zero attached hydrogens (tertiary/aromatic N) is 7. The van der Waals surface area contributed by atoms with Crippen LogP contribution in [0.5, 0.6) is 5.88 Å². The first-order chi connectivity index (χ1) is 16.2. The van der Waals surface area contributed by atoms with Gasteiger partial charge < -0.3 is 14.4 Å². The molecular formula is C23H24N8O2. The molecule has 1 N–H and O–H groups in total. The molecule has 1 aromatic carbocycles. The van der Waals surface area contributed by atoms with Crippen LogP contribution < -0.4 is 15.1 Å². The SMILES string of the molecule is COc1ccc(-n2cnc3c(N/N=C/c4cccc(C)c4)nc(N4CCOCC4)nc32)cn1. The van der Waals surface area contributed by atoms with Gasteiger partial charge >= 0.3 is 0 Å². The minimum Gasteiger partial charge on any atom is -0.481 e. The minimum atomic E-state index is 0.533. The van der Waals surface area contributed by atoms with Crippen LogP contribution in [0.15, 0.2) is 54.0 Å². The Balaban J connectivity index is 1.54. The van der Waals surface area contributed by atoms with E-state index >= 15 is 0 Å². The number of benzene rings is 1. The molecule has 0 atom stereocenters. The fraction of sp³-hybridized carbons (Fsp3) is 0.261. The maximum atomic E-state index is 5.49. The second-order valence-electron chi connectivity index (χ2n) is 7.60. The van der Waals surface area contributed by atoms with Crippen LogP contribution in [0.2, 0.25) is 0 Å². The van der Waals surface area contributed by atoms with E-state index in [1.807, 2.05) is 35.8 Å². The largest absolute Gasteiger partial charge is 0.481 e. The van der Waals surface area contributed by atoms with Crippen molar-refractivity contribution in [3.05, 3.63) is 60.0 Å². The highest BCUT2D eigenvalue weighted by molar-refractivity contribution is 5.87. The molecule has 10 nitrogen and oxygen atoms in total. The van der Waals surface area contributed by atoms with Gasteiger partial charge in [0.2, 0.25) is 11.8 Å². The molecule has 168 valence electrons. The Morgan fingerprint density at radius 2 is 2.00 bits per heavy atom. The molecule has 1 aliphatic rings. The van der Waals surface area contributed by atoms with Crippen molar-refractivity contribution in [2.45, 2.75) is 6.92 Å². The summed E-state index contributed by atoms with van der Waals surface area (Å²) in [6.07, 6.45) is 5.20. The lowest BCUT2D eigenvalue weighted by Gasteiger charge is -2.27. The number of imidazole rings is 1. The number of fused-ring (bicyclic) bond motifs is 1. The van der Waals surface area contributed by atoms with E-state index in [1.54, 1.807) is 31.9 Å². The fourth-order valence-electron chi connectivity index (χ4n) is 3.61. The molecule has 4 aromatic rings. The molecule has 5 rings (SSSR count). The van der Waals surface area contributed by atoms with Crippen molar-refractivity contribution < 1.29 is 9.47 Å². The standard InChI is InChI=1S/C23H24N8O2/c1-16-4-3-5-17(12-16)13-26-29-21-20-22(28-23(27-21)30-8-10-33-11-9-30)31(15-25-20)18-6-7-19(32-2)24-14-18/h3-7,12-15H,8-11H2,1-2H3,(H,27,28,29)/b26-13+. The van der Waals surface area contributed by atoms with Gasteiger partial charge in [-0.05, 0) is 18.6 Å². The first-order valence-electron chi connectivity index (χ1n) is 10.7. The molecule has 4 heterocycles. The first-order valence-corrected chi connectivity index (χ1v) is 10.7. The van der Waals surface area contributed by atoms with Crippen LogP contribution in [0.25, 0.3) is 16.9 Å². The maximum absolute atomic E-state index is 5.49. The fourth-order valence-corrected chi connectivity index (χ4v) is 3.61. The third kappa shape index (κ3) is 4.46. The van der Waals surface area contributed by atoms with Crippen LogP contribution in [0.4, 0.5) is 11.8 Å². The van der Waals surface area contributed by atoms with Gasteiger partial charge in [0.1, 0.15) is 6.33 Å². The van der Waals surface area contributed by atoms with E-state index in [-0.39, 0.29) is 0 Å². The van der Waals surface area contributed by atoms with Crippen LogP contribution in [0.3, 0.4) is 0 Å². The Morgan fingerprint density at radius 3 is 2.76 bits per heavy atom. The smallest absolute Gasteiger partial charge is 0.229 e. The Kier molecular flexibility index (Phi) is 5.81. The highest BCUT2D eigenvalue weighted by atomic mass is 16.5. The molecule has 3 aromatic heterocycles. The van der Waals surface area contributed by atoms with E-state index in [0.29, 0.717) is 42.0 Å². The van der Waals surface area contributed by atoms with Crippen LogP contribution in [-0.4, -0.2) is 64.1 Å². The number of hydrogen-bond acceptors (Lipinski definition) is 9. The summed E-state index contributed by atoms with van der Waals surface area (Å²) in [4.78, 5) is 20.5. The van der Waals surface area contributed by atoms with Gasteiger partial charge in [0.15, 0.2) is 17.0 Å². The topological polar surface area (TPSA) is 103 Å². The van der Waals surface area contributed by atoms with E-state index in [9.17, 15) is 0 Å². The third-order valence-electron chi connectivity index (χ3n) is 5.31. The Bertz CT molecular complexity index is 1280. The van der Waals surface area contributed by atoms with Gasteiger partial charge in [-0.2, -0.15) is 15.1 Å². The predicted octanol–water partition coefficient (Wildman–Crippen LogP) is 2.81. The number of pyridine rings is 1. The van der Waals surface area contributed by atoms with Crippen molar-refractivity contribution in [2.75, 3.05) is 43.7 Å². The first kappa shape index (κ1) is 20.8. The Morgan fingerprint density at radius 1 is 1.12 bits per heavy atom. The van der Waals surface area contributed by atoms with Gasteiger partial charge in [-0.3, -0.25) is 9.99 Å². The van der Waals surface area contributed by atoms with Gasteiger partial charge in [-0.1, -0.05) is 29.8 Å². The van der Waals surface area contributed by atoms with Crippen molar-refractivity contribution in [1.82, 2.24) is 24.5 Å². The van der Waals surface area contributed by atoms with E-state index in [4.69, 9.17) is 19.4 Å². The zero-order valence-electron chi connectivity index (χ0n) is 18.5. The van der Waals surface area contributed by atoms with Gasteiger partial charge in [0.25, 0.3) is 0 Å². The third-order valence-corrected chi connectivity index (χ3v) is 5.31. The van der Waals surface area contributed by atoms with Crippen LogP contribution >= 0.6 is 0 Å². The number of rotatable bonds is 6. The van der Waals surface area contributed by atoms with Crippen LogP contribution in [-0.2, 0) is 4.74 Å². The Hall–Kier alpha value is -4.05. The maximum Gasteiger partial charge on any atom is 0.229 e. The molecule has 33 heavy (non-hydrogen) atoms. The highest BCUT2D eigenvalue weighted by Crippen LogP contribution is 2.25. The van der Waals surface area contributed by atoms with Gasteiger partial charge in [0, 0.05) is 19.2 Å². The number of hydrazone groups is 1. The van der Waals surface area contributed by atoms with E-state index in [1.165, 1.54) is 5.56 Å². The highest BCUT2D eigenvalue weighted by Gasteiger charge is 2.20. The number of aryl methyl sites for hydroxylation is 1. The summed E-state index contributed by atoms with van der Waals surface area (Å²) < 4.78 is 12.5. The molecule has 0 saturated carbocycles. The van der Waals surface area contributed by atoms with E-state index < -0.39 is 0 Å². The van der Waals surface area contributed by atoms with Crippen LogP contribution in [0, 0.1) is 6.92 Å². The lowest BCUT2D eigenvalue weighted by atomic mass is 10.2. The zero-order chi connectivity index (χ0) is 22.6. The van der Waals surface area contributed by atoms with Crippen molar-refractivity contribution >= 4 is 29.1 Å². The summed E-state index contributed by atoms with van der Waals surface area (Å²) in [6.45, 7) is 4.76. The van der Waals surface area contributed by atoms with Crippen molar-refractivity contribution in [3.63, 3.8) is 0 Å². The molecule has 0 unspecified atom stereocenters. The number of morpholine rings is 1. The predicted molar refractivity (Wildman–Crippen MR) is 126 cm³/mol. The van der Waals surface area contributed by atoms with Crippen molar-refractivity contribution in [3.8, 4) is 11.6 Å². The van der Waals surface area contributed by atoms with Crippen molar-refractivity contribution in [1.29, 1.82) is 0 Å². The lowest BCUT2D eigenvalue weighted by Crippen LogP contribution is -2.37.